The number of halogens is 1. The lowest BCUT2D eigenvalue weighted by atomic mass is 10.1. The number of thiophene rings is 1. The molecule has 0 saturated carbocycles. The zero-order valence-electron chi connectivity index (χ0n) is 18.2. The minimum absolute atomic E-state index is 0. The van der Waals surface area contributed by atoms with Gasteiger partial charge >= 0.3 is 0 Å². The molecule has 168 valence electrons. The third-order valence-electron chi connectivity index (χ3n) is 4.63. The third-order valence-corrected chi connectivity index (χ3v) is 5.48. The maximum Gasteiger partial charge on any atom is 0.161 e. The zero-order valence-corrected chi connectivity index (χ0v) is 19.8. The first kappa shape index (κ1) is 24.9. The van der Waals surface area contributed by atoms with E-state index in [1.54, 1.807) is 25.6 Å². The molecule has 0 amide bonds. The van der Waals surface area contributed by atoms with Crippen molar-refractivity contribution in [2.45, 2.75) is 26.5 Å². The Labute approximate surface area is 194 Å². The van der Waals surface area contributed by atoms with Gasteiger partial charge in [-0.1, -0.05) is 18.2 Å². The van der Waals surface area contributed by atoms with Gasteiger partial charge in [0.05, 0.1) is 20.8 Å². The lowest BCUT2D eigenvalue weighted by molar-refractivity contribution is 0.271. The second kappa shape index (κ2) is 13.1. The van der Waals surface area contributed by atoms with E-state index in [0.29, 0.717) is 13.2 Å². The summed E-state index contributed by atoms with van der Waals surface area (Å²) in [5.41, 5.74) is 2.36. The molecule has 31 heavy (non-hydrogen) atoms. The number of benzene rings is 2. The molecular formula is C24H30ClNO4S. The lowest BCUT2D eigenvalue weighted by Crippen LogP contribution is -2.16. The second-order valence-electron chi connectivity index (χ2n) is 6.70. The number of hydrogen-bond acceptors (Lipinski definition) is 6. The van der Waals surface area contributed by atoms with Gasteiger partial charge in [-0.3, -0.25) is 0 Å². The first-order chi connectivity index (χ1) is 14.7. The number of ether oxygens (including phenoxy) is 4. The maximum atomic E-state index is 5.96. The van der Waals surface area contributed by atoms with Crippen LogP contribution in [0.2, 0.25) is 0 Å². The molecule has 1 N–H and O–H groups in total. The second-order valence-corrected chi connectivity index (χ2v) is 7.73. The highest BCUT2D eigenvalue weighted by molar-refractivity contribution is 7.09. The van der Waals surface area contributed by atoms with Crippen LogP contribution in [0, 0.1) is 0 Å². The van der Waals surface area contributed by atoms with Gasteiger partial charge in [0.25, 0.3) is 0 Å². The van der Waals surface area contributed by atoms with Crippen LogP contribution in [0.5, 0.6) is 23.0 Å². The van der Waals surface area contributed by atoms with E-state index in [0.717, 1.165) is 48.1 Å². The van der Waals surface area contributed by atoms with Crippen molar-refractivity contribution in [3.63, 3.8) is 0 Å². The Bertz CT molecular complexity index is 918. The topological polar surface area (TPSA) is 49.0 Å². The quantitative estimate of drug-likeness (QED) is 0.359. The summed E-state index contributed by atoms with van der Waals surface area (Å²) < 4.78 is 22.4. The highest BCUT2D eigenvalue weighted by Crippen LogP contribution is 2.30. The standard InChI is InChI=1S/C24H29NO4S.ClH/c1-4-28-24-15-19(8-10-22(24)29-17-20-6-5-13-30-20)16-25-12-11-18-7-9-21(26-2)23(14-18)27-3;/h5-10,13-15,25H,4,11-12,16-17H2,1-3H3;1H. The van der Waals surface area contributed by atoms with E-state index >= 15 is 0 Å². The molecule has 0 aliphatic heterocycles. The zero-order chi connectivity index (χ0) is 21.2. The minimum atomic E-state index is 0. The summed E-state index contributed by atoms with van der Waals surface area (Å²) in [7, 11) is 3.30. The van der Waals surface area contributed by atoms with Crippen molar-refractivity contribution >= 4 is 23.7 Å². The summed E-state index contributed by atoms with van der Waals surface area (Å²) in [5, 5.41) is 5.55. The number of rotatable bonds is 12. The van der Waals surface area contributed by atoms with Crippen LogP contribution in [0.3, 0.4) is 0 Å². The van der Waals surface area contributed by atoms with Crippen LogP contribution in [0.25, 0.3) is 0 Å². The molecular weight excluding hydrogens is 434 g/mol. The van der Waals surface area contributed by atoms with Gasteiger partial charge in [0.15, 0.2) is 23.0 Å². The van der Waals surface area contributed by atoms with Crippen molar-refractivity contribution in [2.24, 2.45) is 0 Å². The molecule has 0 fully saturated rings. The summed E-state index contributed by atoms with van der Waals surface area (Å²) in [6.45, 7) is 4.76. The Kier molecular flexibility index (Phi) is 10.5. The summed E-state index contributed by atoms with van der Waals surface area (Å²) >= 11 is 1.69. The highest BCUT2D eigenvalue weighted by atomic mass is 35.5. The first-order valence-corrected chi connectivity index (χ1v) is 10.9. The van der Waals surface area contributed by atoms with Gasteiger partial charge in [0.1, 0.15) is 6.61 Å². The normalized spacial score (nSPS) is 10.3. The van der Waals surface area contributed by atoms with Gasteiger partial charge in [-0.2, -0.15) is 0 Å². The Hall–Kier alpha value is -2.41. The lowest BCUT2D eigenvalue weighted by Gasteiger charge is -2.14. The molecule has 0 bridgehead atoms. The van der Waals surface area contributed by atoms with Crippen molar-refractivity contribution in [1.29, 1.82) is 0 Å². The number of methoxy groups -OCH3 is 2. The molecule has 2 aromatic carbocycles. The molecule has 3 rings (SSSR count). The SMILES string of the molecule is CCOc1cc(CNCCc2ccc(OC)c(OC)c2)ccc1OCc1cccs1.Cl. The van der Waals surface area contributed by atoms with E-state index in [2.05, 4.69) is 35.0 Å². The van der Waals surface area contributed by atoms with E-state index in [-0.39, 0.29) is 12.4 Å². The van der Waals surface area contributed by atoms with Gasteiger partial charge < -0.3 is 24.3 Å². The molecule has 0 spiro atoms. The predicted molar refractivity (Wildman–Crippen MR) is 128 cm³/mol. The average molecular weight is 464 g/mol. The smallest absolute Gasteiger partial charge is 0.161 e. The summed E-state index contributed by atoms with van der Waals surface area (Å²) in [5.74, 6) is 3.07. The first-order valence-electron chi connectivity index (χ1n) is 10.1. The van der Waals surface area contributed by atoms with Gasteiger partial charge in [-0.05, 0) is 66.7 Å². The monoisotopic (exact) mass is 463 g/mol. The van der Waals surface area contributed by atoms with Crippen molar-refractivity contribution < 1.29 is 18.9 Å². The van der Waals surface area contributed by atoms with Gasteiger partial charge in [0.2, 0.25) is 0 Å². The van der Waals surface area contributed by atoms with Crippen LogP contribution in [0.15, 0.2) is 53.9 Å². The van der Waals surface area contributed by atoms with Crippen LogP contribution in [0.4, 0.5) is 0 Å². The fourth-order valence-corrected chi connectivity index (χ4v) is 3.71. The molecule has 0 atom stereocenters. The van der Waals surface area contributed by atoms with Gasteiger partial charge in [-0.15, -0.1) is 23.7 Å². The van der Waals surface area contributed by atoms with Crippen LogP contribution in [-0.2, 0) is 19.6 Å². The highest BCUT2D eigenvalue weighted by Gasteiger charge is 2.08. The number of nitrogens with one attached hydrogen (secondary N) is 1. The molecule has 0 aliphatic rings. The van der Waals surface area contributed by atoms with E-state index in [1.807, 2.05) is 31.2 Å². The largest absolute Gasteiger partial charge is 0.493 e. The van der Waals surface area contributed by atoms with E-state index in [9.17, 15) is 0 Å². The fourth-order valence-electron chi connectivity index (χ4n) is 3.10. The van der Waals surface area contributed by atoms with Crippen LogP contribution in [0.1, 0.15) is 22.9 Å². The molecule has 1 heterocycles. The predicted octanol–water partition coefficient (Wildman–Crippen LogP) is 5.50. The van der Waals surface area contributed by atoms with Crippen molar-refractivity contribution in [3.8, 4) is 23.0 Å². The fraction of sp³-hybridized carbons (Fsp3) is 0.333. The van der Waals surface area contributed by atoms with Gasteiger partial charge in [-0.25, -0.2) is 0 Å². The molecule has 1 aromatic heterocycles. The van der Waals surface area contributed by atoms with Gasteiger partial charge in [0, 0.05) is 11.4 Å². The van der Waals surface area contributed by atoms with Crippen LogP contribution >= 0.6 is 23.7 Å². The van der Waals surface area contributed by atoms with E-state index in [1.165, 1.54) is 10.4 Å². The summed E-state index contributed by atoms with van der Waals surface area (Å²) in [4.78, 5) is 1.19. The van der Waals surface area contributed by atoms with E-state index < -0.39 is 0 Å². The van der Waals surface area contributed by atoms with Crippen LogP contribution < -0.4 is 24.3 Å². The minimum Gasteiger partial charge on any atom is -0.493 e. The molecule has 0 unspecified atom stereocenters. The maximum absolute atomic E-state index is 5.96. The Balaban J connectivity index is 0.00000341. The summed E-state index contributed by atoms with van der Waals surface area (Å²) in [6, 6.07) is 16.3. The molecule has 0 saturated heterocycles. The molecule has 3 aromatic rings. The van der Waals surface area contributed by atoms with E-state index in [4.69, 9.17) is 18.9 Å². The van der Waals surface area contributed by atoms with Crippen LogP contribution in [-0.4, -0.2) is 27.4 Å². The Morgan fingerprint density at radius 1 is 0.839 bits per heavy atom. The summed E-state index contributed by atoms with van der Waals surface area (Å²) in [6.07, 6.45) is 0.903. The Morgan fingerprint density at radius 2 is 1.58 bits per heavy atom. The molecule has 7 heteroatoms. The molecule has 0 aliphatic carbocycles. The van der Waals surface area contributed by atoms with Crippen molar-refractivity contribution in [3.05, 3.63) is 69.9 Å². The van der Waals surface area contributed by atoms with Crippen molar-refractivity contribution in [2.75, 3.05) is 27.4 Å². The average Bonchev–Trinajstić information content (AvgIpc) is 3.30. The third kappa shape index (κ3) is 7.35. The van der Waals surface area contributed by atoms with Crippen molar-refractivity contribution in [1.82, 2.24) is 5.32 Å². The number of hydrogen-bond donors (Lipinski definition) is 1. The molecule has 0 radical (unpaired) electrons. The molecule has 5 nitrogen and oxygen atoms in total. The Morgan fingerprint density at radius 3 is 2.29 bits per heavy atom.